The van der Waals surface area contributed by atoms with Crippen LogP contribution in [0.2, 0.25) is 0 Å². The number of methoxy groups -OCH3 is 1. The van der Waals surface area contributed by atoms with E-state index in [9.17, 15) is 8.42 Å². The van der Waals surface area contributed by atoms with Crippen LogP contribution in [0.5, 0.6) is 5.75 Å². The van der Waals surface area contributed by atoms with E-state index in [1.165, 1.54) is 7.11 Å². The third kappa shape index (κ3) is 3.23. The summed E-state index contributed by atoms with van der Waals surface area (Å²) < 4.78 is 30.0. The van der Waals surface area contributed by atoms with Crippen molar-refractivity contribution in [1.82, 2.24) is 0 Å². The molecule has 0 bridgehead atoms. The first-order chi connectivity index (χ1) is 9.97. The molecule has 0 fully saturated rings. The second-order valence-corrected chi connectivity index (χ2v) is 6.63. The number of hydrogen-bond donors (Lipinski definition) is 0. The molecule has 5 heteroatoms. The molecule has 0 amide bonds. The van der Waals surface area contributed by atoms with Crippen LogP contribution in [0.15, 0.2) is 47.4 Å². The van der Waals surface area contributed by atoms with Crippen LogP contribution in [0, 0.1) is 18.3 Å². The minimum atomic E-state index is -3.44. The van der Waals surface area contributed by atoms with Gasteiger partial charge in [-0.25, -0.2) is 8.42 Å². The second-order valence-electron chi connectivity index (χ2n) is 4.67. The van der Waals surface area contributed by atoms with Crippen LogP contribution >= 0.6 is 0 Å². The van der Waals surface area contributed by atoms with Gasteiger partial charge in [0.05, 0.1) is 23.3 Å². The molecular weight excluding hydrogens is 286 g/mol. The Morgan fingerprint density at radius 2 is 1.90 bits per heavy atom. The van der Waals surface area contributed by atoms with E-state index < -0.39 is 9.84 Å². The minimum absolute atomic E-state index is 0.142. The molecule has 0 N–H and O–H groups in total. The smallest absolute Gasteiger partial charge is 0.182 e. The molecule has 0 radical (unpaired) electrons. The van der Waals surface area contributed by atoms with Crippen molar-refractivity contribution in [3.8, 4) is 11.8 Å². The van der Waals surface area contributed by atoms with Crippen molar-refractivity contribution < 1.29 is 13.2 Å². The molecule has 0 atom stereocenters. The molecular formula is C16H15NO3S. The Morgan fingerprint density at radius 3 is 2.52 bits per heavy atom. The molecule has 0 saturated carbocycles. The van der Waals surface area contributed by atoms with Crippen molar-refractivity contribution in [3.05, 3.63) is 59.2 Å². The van der Waals surface area contributed by atoms with Gasteiger partial charge in [0, 0.05) is 0 Å². The number of ether oxygens (including phenoxy) is 1. The molecule has 0 aliphatic heterocycles. The van der Waals surface area contributed by atoms with Gasteiger partial charge in [-0.2, -0.15) is 5.26 Å². The van der Waals surface area contributed by atoms with E-state index in [2.05, 4.69) is 0 Å². The van der Waals surface area contributed by atoms with Crippen LogP contribution in [0.3, 0.4) is 0 Å². The Balaban J connectivity index is 2.38. The highest BCUT2D eigenvalue weighted by atomic mass is 32.2. The van der Waals surface area contributed by atoms with Gasteiger partial charge in [0.2, 0.25) is 0 Å². The van der Waals surface area contributed by atoms with Gasteiger partial charge in [-0.3, -0.25) is 0 Å². The molecule has 2 rings (SSSR count). The van der Waals surface area contributed by atoms with Gasteiger partial charge < -0.3 is 4.74 Å². The van der Waals surface area contributed by atoms with Gasteiger partial charge in [-0.05, 0) is 36.2 Å². The minimum Gasteiger partial charge on any atom is -0.495 e. The van der Waals surface area contributed by atoms with Crippen molar-refractivity contribution in [2.75, 3.05) is 7.11 Å². The Labute approximate surface area is 124 Å². The fourth-order valence-corrected chi connectivity index (χ4v) is 3.75. The van der Waals surface area contributed by atoms with Gasteiger partial charge in [0.15, 0.2) is 9.84 Å². The first-order valence-electron chi connectivity index (χ1n) is 6.33. The lowest BCUT2D eigenvalue weighted by Gasteiger charge is -2.09. The molecule has 0 aliphatic carbocycles. The molecule has 0 aliphatic rings. The third-order valence-corrected chi connectivity index (χ3v) is 5.01. The average Bonchev–Trinajstić information content (AvgIpc) is 2.47. The summed E-state index contributed by atoms with van der Waals surface area (Å²) in [6.07, 6.45) is 0. The molecule has 0 unspecified atom stereocenters. The van der Waals surface area contributed by atoms with Crippen molar-refractivity contribution >= 4 is 9.84 Å². The number of nitrogens with zero attached hydrogens (tertiary/aromatic N) is 1. The molecule has 0 heterocycles. The summed E-state index contributed by atoms with van der Waals surface area (Å²) in [6, 6.07) is 13.7. The second kappa shape index (κ2) is 5.98. The molecule has 0 spiro atoms. The lowest BCUT2D eigenvalue weighted by molar-refractivity contribution is 0.413. The topological polar surface area (TPSA) is 67.2 Å². The normalized spacial score (nSPS) is 10.9. The number of benzene rings is 2. The lowest BCUT2D eigenvalue weighted by Crippen LogP contribution is -2.07. The van der Waals surface area contributed by atoms with Gasteiger partial charge in [-0.15, -0.1) is 0 Å². The van der Waals surface area contributed by atoms with Gasteiger partial charge in [-0.1, -0.05) is 24.3 Å². The Kier molecular flexibility index (Phi) is 4.29. The van der Waals surface area contributed by atoms with Crippen LogP contribution in [-0.2, 0) is 15.6 Å². The summed E-state index contributed by atoms with van der Waals surface area (Å²) in [5, 5.41) is 9.05. The maximum Gasteiger partial charge on any atom is 0.182 e. The Hall–Kier alpha value is -2.32. The quantitative estimate of drug-likeness (QED) is 0.871. The molecule has 108 valence electrons. The molecule has 2 aromatic carbocycles. The maximum absolute atomic E-state index is 12.5. The molecule has 4 nitrogen and oxygen atoms in total. The van der Waals surface area contributed by atoms with Crippen molar-refractivity contribution in [1.29, 1.82) is 5.26 Å². The van der Waals surface area contributed by atoms with E-state index >= 15 is 0 Å². The van der Waals surface area contributed by atoms with Crippen molar-refractivity contribution in [2.45, 2.75) is 17.6 Å². The third-order valence-electron chi connectivity index (χ3n) is 3.17. The van der Waals surface area contributed by atoms with E-state index in [4.69, 9.17) is 10.00 Å². The number of hydrogen-bond acceptors (Lipinski definition) is 4. The summed E-state index contributed by atoms with van der Waals surface area (Å²) in [5.41, 5.74) is 1.61. The standard InChI is InChI=1S/C16H15NO3S/c1-12-5-3-4-6-16(12)21(18,19)11-13-7-8-15(20-2)14(9-13)10-17/h3-9H,11H2,1-2H3. The number of rotatable bonds is 4. The predicted octanol–water partition coefficient (Wildman–Crippen LogP) is 2.85. The highest BCUT2D eigenvalue weighted by Crippen LogP contribution is 2.23. The zero-order valence-corrected chi connectivity index (χ0v) is 12.6. The zero-order valence-electron chi connectivity index (χ0n) is 11.8. The predicted molar refractivity (Wildman–Crippen MR) is 79.8 cm³/mol. The zero-order chi connectivity index (χ0) is 15.5. The Bertz CT molecular complexity index is 805. The van der Waals surface area contributed by atoms with Gasteiger partial charge in [0.1, 0.15) is 11.8 Å². The Morgan fingerprint density at radius 1 is 1.19 bits per heavy atom. The van der Waals surface area contributed by atoms with E-state index in [1.54, 1.807) is 49.4 Å². The van der Waals surface area contributed by atoms with E-state index in [0.717, 1.165) is 0 Å². The number of nitriles is 1. The maximum atomic E-state index is 12.5. The fraction of sp³-hybridized carbons (Fsp3) is 0.188. The largest absolute Gasteiger partial charge is 0.495 e. The van der Waals surface area contributed by atoms with Crippen LogP contribution in [-0.4, -0.2) is 15.5 Å². The summed E-state index contributed by atoms with van der Waals surface area (Å²) in [5.74, 6) is 0.297. The van der Waals surface area contributed by atoms with Crippen LogP contribution in [0.4, 0.5) is 0 Å². The van der Waals surface area contributed by atoms with Crippen molar-refractivity contribution in [3.63, 3.8) is 0 Å². The highest BCUT2D eigenvalue weighted by Gasteiger charge is 2.18. The molecule has 2 aromatic rings. The molecule has 21 heavy (non-hydrogen) atoms. The number of aryl methyl sites for hydroxylation is 1. The highest BCUT2D eigenvalue weighted by molar-refractivity contribution is 7.90. The lowest BCUT2D eigenvalue weighted by atomic mass is 10.1. The van der Waals surface area contributed by atoms with Crippen LogP contribution in [0.25, 0.3) is 0 Å². The summed E-state index contributed by atoms with van der Waals surface area (Å²) in [7, 11) is -1.97. The fourth-order valence-electron chi connectivity index (χ4n) is 2.13. The average molecular weight is 301 g/mol. The van der Waals surface area contributed by atoms with Crippen molar-refractivity contribution in [2.24, 2.45) is 0 Å². The van der Waals surface area contributed by atoms with Crippen LogP contribution < -0.4 is 4.74 Å². The van der Waals surface area contributed by atoms with E-state index in [0.29, 0.717) is 27.3 Å². The van der Waals surface area contributed by atoms with E-state index in [-0.39, 0.29) is 5.75 Å². The van der Waals surface area contributed by atoms with Gasteiger partial charge in [0.25, 0.3) is 0 Å². The first kappa shape index (κ1) is 15.1. The van der Waals surface area contributed by atoms with Crippen LogP contribution in [0.1, 0.15) is 16.7 Å². The monoisotopic (exact) mass is 301 g/mol. The first-order valence-corrected chi connectivity index (χ1v) is 7.98. The molecule has 0 aromatic heterocycles. The number of sulfone groups is 1. The SMILES string of the molecule is COc1ccc(CS(=O)(=O)c2ccccc2C)cc1C#N. The summed E-state index contributed by atoms with van der Waals surface area (Å²) >= 11 is 0. The van der Waals surface area contributed by atoms with E-state index in [1.807, 2.05) is 6.07 Å². The summed E-state index contributed by atoms with van der Waals surface area (Å²) in [4.78, 5) is 0.319. The summed E-state index contributed by atoms with van der Waals surface area (Å²) in [6.45, 7) is 1.77. The molecule has 0 saturated heterocycles. The van der Waals surface area contributed by atoms with Gasteiger partial charge >= 0.3 is 0 Å².